The molecule has 4 nitrogen and oxygen atoms in total. The van der Waals surface area contributed by atoms with Gasteiger partial charge in [-0.15, -0.1) is 0 Å². The molecule has 4 heteroatoms. The van der Waals surface area contributed by atoms with Crippen molar-refractivity contribution < 1.29 is 13.3 Å². The molecule has 0 saturated heterocycles. The lowest BCUT2D eigenvalue weighted by Gasteiger charge is -2.32. The summed E-state index contributed by atoms with van der Waals surface area (Å²) in [7, 11) is 0. The van der Waals surface area contributed by atoms with Crippen molar-refractivity contribution in [1.29, 1.82) is 0 Å². The summed E-state index contributed by atoms with van der Waals surface area (Å²) in [5.74, 6) is 0. The highest BCUT2D eigenvalue weighted by molar-refractivity contribution is 6.22. The van der Waals surface area contributed by atoms with Crippen LogP contribution in [0.2, 0.25) is 0 Å². The number of hydrogen-bond donors (Lipinski definition) is 0. The third-order valence-electron chi connectivity index (χ3n) is 18.6. The first kappa shape index (κ1) is 44.7. The molecule has 0 bridgehead atoms. The average Bonchev–Trinajstić information content (AvgIpc) is 2.42. The van der Waals surface area contributed by atoms with Gasteiger partial charge in [-0.3, -0.25) is 0 Å². The first-order chi connectivity index (χ1) is 38.4. The van der Waals surface area contributed by atoms with Crippen LogP contribution in [-0.4, -0.2) is 0 Å². The summed E-state index contributed by atoms with van der Waals surface area (Å²) >= 11 is 0. The van der Waals surface area contributed by atoms with Crippen molar-refractivity contribution in [2.24, 2.45) is 0 Å². The molecule has 0 amide bonds. The Morgan fingerprint density at radius 1 is 0.291 bits per heavy atom. The fraction of sp³-hybridized carbons (Fsp3) is 0.120. The molecule has 17 rings (SSSR count). The summed E-state index contributed by atoms with van der Waals surface area (Å²) in [6.07, 6.45) is 0. The molecule has 3 heterocycles. The minimum atomic E-state index is -0.373. The van der Waals surface area contributed by atoms with Gasteiger partial charge in [0.05, 0.1) is 0 Å². The molecule has 14 aromatic rings. The Balaban J connectivity index is 0.871. The van der Waals surface area contributed by atoms with E-state index in [4.69, 9.17) is 13.3 Å². The number of benzene rings is 11. The SMILES string of the molecule is CC1(C)c2cc(N(c3ccc(-c4ccccc4)cc3)c3ccc4c(c3)C(C)(C)c3c5c(c6oc7ccccc7c6c3-4)-c3ccccc3C5(C)C)ccc2-c2c1cc(-c1ccc3oc4ccccc4c3c1)c1oc3ccccc3c21. The lowest BCUT2D eigenvalue weighted by atomic mass is 9.72. The van der Waals surface area contributed by atoms with Crippen LogP contribution in [0.1, 0.15) is 74.9 Å². The molecule has 0 fully saturated rings. The van der Waals surface area contributed by atoms with Gasteiger partial charge in [-0.2, -0.15) is 0 Å². The molecular formula is C75H53NO3. The van der Waals surface area contributed by atoms with E-state index in [0.29, 0.717) is 0 Å². The number of anilines is 3. The lowest BCUT2D eigenvalue weighted by Crippen LogP contribution is -2.24. The second kappa shape index (κ2) is 15.4. The van der Waals surface area contributed by atoms with E-state index in [0.717, 1.165) is 88.6 Å². The number of furan rings is 3. The molecule has 11 aromatic carbocycles. The van der Waals surface area contributed by atoms with E-state index in [1.165, 1.54) is 83.3 Å². The van der Waals surface area contributed by atoms with Crippen LogP contribution in [-0.2, 0) is 16.2 Å². The fourth-order valence-electron chi connectivity index (χ4n) is 14.9. The Morgan fingerprint density at radius 2 is 0.785 bits per heavy atom. The van der Waals surface area contributed by atoms with Crippen LogP contribution >= 0.6 is 0 Å². The topological polar surface area (TPSA) is 42.7 Å². The summed E-state index contributed by atoms with van der Waals surface area (Å²) in [4.78, 5) is 2.49. The molecule has 0 N–H and O–H groups in total. The highest BCUT2D eigenvalue weighted by atomic mass is 16.3. The zero-order valence-corrected chi connectivity index (χ0v) is 44.9. The van der Waals surface area contributed by atoms with Gasteiger partial charge in [0.15, 0.2) is 0 Å². The van der Waals surface area contributed by atoms with Crippen LogP contribution in [0.25, 0.3) is 121 Å². The van der Waals surface area contributed by atoms with Crippen molar-refractivity contribution in [1.82, 2.24) is 0 Å². The molecule has 376 valence electrons. The van der Waals surface area contributed by atoms with Crippen LogP contribution in [0.5, 0.6) is 0 Å². The van der Waals surface area contributed by atoms with Crippen molar-refractivity contribution in [2.45, 2.75) is 57.8 Å². The monoisotopic (exact) mass is 1020 g/mol. The second-order valence-corrected chi connectivity index (χ2v) is 23.9. The van der Waals surface area contributed by atoms with E-state index >= 15 is 0 Å². The molecule has 79 heavy (non-hydrogen) atoms. The fourth-order valence-corrected chi connectivity index (χ4v) is 14.9. The van der Waals surface area contributed by atoms with Gasteiger partial charge in [0.2, 0.25) is 0 Å². The quantitative estimate of drug-likeness (QED) is 0.172. The van der Waals surface area contributed by atoms with Gasteiger partial charge in [-0.05, 0) is 151 Å². The highest BCUT2D eigenvalue weighted by Gasteiger charge is 2.49. The number of para-hydroxylation sites is 3. The van der Waals surface area contributed by atoms with Crippen molar-refractivity contribution in [3.8, 4) is 55.6 Å². The Kier molecular flexibility index (Phi) is 8.73. The maximum Gasteiger partial charge on any atom is 0.144 e. The number of rotatable bonds is 5. The molecule has 0 unspecified atom stereocenters. The van der Waals surface area contributed by atoms with Crippen LogP contribution in [0.15, 0.2) is 226 Å². The number of hydrogen-bond acceptors (Lipinski definition) is 4. The number of fused-ring (bicyclic) bond motifs is 22. The summed E-state index contributed by atoms with van der Waals surface area (Å²) in [6.45, 7) is 14.5. The van der Waals surface area contributed by atoms with E-state index in [2.05, 4.69) is 247 Å². The summed E-state index contributed by atoms with van der Waals surface area (Å²) in [5.41, 5.74) is 28.0. The molecule has 0 saturated carbocycles. The smallest absolute Gasteiger partial charge is 0.144 e. The van der Waals surface area contributed by atoms with Crippen molar-refractivity contribution in [2.75, 3.05) is 4.90 Å². The van der Waals surface area contributed by atoms with Gasteiger partial charge < -0.3 is 18.2 Å². The lowest BCUT2D eigenvalue weighted by molar-refractivity contribution is 0.600. The standard InChI is InChI=1S/C75H53NO3/c1-73(2)57-39-46(33-35-50(57)64-59(73)41-54(71-66(64)52-22-12-16-26-61(52)78-71)44-30-37-63-55(38-44)48-20-11-15-25-60(48)77-63)76(45-31-28-43(29-32-45)42-18-8-7-9-19-42)47-34-36-51-58(40-47)75(5,6)69-65(51)67-53-23-13-17-27-62(53)79-72(67)68-49-21-10-14-24-56(49)74(3,4)70(68)69/h7-41H,1-6H3. The molecule has 0 atom stereocenters. The van der Waals surface area contributed by atoms with E-state index in [1.54, 1.807) is 0 Å². The van der Waals surface area contributed by atoms with E-state index < -0.39 is 0 Å². The van der Waals surface area contributed by atoms with Gasteiger partial charge >= 0.3 is 0 Å². The zero-order chi connectivity index (χ0) is 52.8. The van der Waals surface area contributed by atoms with Crippen LogP contribution in [0.4, 0.5) is 17.1 Å². The van der Waals surface area contributed by atoms with Gasteiger partial charge in [0.1, 0.15) is 33.5 Å². The molecule has 3 aromatic heterocycles. The van der Waals surface area contributed by atoms with E-state index in [1.807, 2.05) is 12.1 Å². The predicted molar refractivity (Wildman–Crippen MR) is 327 cm³/mol. The average molecular weight is 1020 g/mol. The summed E-state index contributed by atoms with van der Waals surface area (Å²) in [6, 6.07) is 77.7. The van der Waals surface area contributed by atoms with Crippen molar-refractivity contribution >= 4 is 82.9 Å². The molecule has 3 aliphatic carbocycles. The highest BCUT2D eigenvalue weighted by Crippen LogP contribution is 2.64. The largest absolute Gasteiger partial charge is 0.456 e. The van der Waals surface area contributed by atoms with Crippen LogP contribution in [0, 0.1) is 0 Å². The van der Waals surface area contributed by atoms with Crippen LogP contribution in [0.3, 0.4) is 0 Å². The Morgan fingerprint density at radius 3 is 1.49 bits per heavy atom. The summed E-state index contributed by atoms with van der Waals surface area (Å²) in [5, 5.41) is 6.86. The van der Waals surface area contributed by atoms with Crippen molar-refractivity contribution in [3.63, 3.8) is 0 Å². The summed E-state index contributed by atoms with van der Waals surface area (Å²) < 4.78 is 20.3. The maximum atomic E-state index is 7.03. The molecule has 0 spiro atoms. The first-order valence-electron chi connectivity index (χ1n) is 27.7. The second-order valence-electron chi connectivity index (χ2n) is 23.9. The van der Waals surface area contributed by atoms with Crippen LogP contribution < -0.4 is 4.90 Å². The van der Waals surface area contributed by atoms with Gasteiger partial charge in [0.25, 0.3) is 0 Å². The first-order valence-corrected chi connectivity index (χ1v) is 27.7. The van der Waals surface area contributed by atoms with Gasteiger partial charge in [0, 0.05) is 76.8 Å². The van der Waals surface area contributed by atoms with Gasteiger partial charge in [-0.1, -0.05) is 181 Å². The van der Waals surface area contributed by atoms with Gasteiger partial charge in [-0.25, -0.2) is 0 Å². The molecule has 0 radical (unpaired) electrons. The zero-order valence-electron chi connectivity index (χ0n) is 44.9. The Bertz CT molecular complexity index is 4980. The molecule has 0 aliphatic heterocycles. The Labute approximate surface area is 457 Å². The minimum Gasteiger partial charge on any atom is -0.456 e. The minimum absolute atomic E-state index is 0.246. The normalized spacial score (nSPS) is 15.0. The maximum absolute atomic E-state index is 7.03. The number of nitrogens with zero attached hydrogens (tertiary/aromatic N) is 1. The Hall–Kier alpha value is -9.38. The predicted octanol–water partition coefficient (Wildman–Crippen LogP) is 21.1. The third kappa shape index (κ3) is 5.88. The van der Waals surface area contributed by atoms with E-state index in [-0.39, 0.29) is 16.2 Å². The van der Waals surface area contributed by atoms with Crippen molar-refractivity contribution in [3.05, 3.63) is 246 Å². The van der Waals surface area contributed by atoms with E-state index in [9.17, 15) is 0 Å². The third-order valence-corrected chi connectivity index (χ3v) is 18.6. The molecule has 3 aliphatic rings. The molecular weight excluding hydrogens is 963 g/mol.